The molecule has 0 saturated carbocycles. The van der Waals surface area contributed by atoms with Crippen molar-refractivity contribution in [2.24, 2.45) is 0 Å². The molecule has 0 aromatic heterocycles. The number of phenols is 1. The highest BCUT2D eigenvalue weighted by Crippen LogP contribution is 2.42. The first-order valence-electron chi connectivity index (χ1n) is 7.39. The van der Waals surface area contributed by atoms with Crippen molar-refractivity contribution in [3.63, 3.8) is 0 Å². The standard InChI is InChI=1S/C18H19BrClNO/c1-21(2)14-7-12-8-17(20)18(22)10-16(12)15(9-14)11-4-3-5-13(19)6-11/h3-6,8,10,14-15,22H,7,9H2,1-2H3/t14-,15-/m1/s1. The largest absolute Gasteiger partial charge is 0.506 e. The molecule has 0 radical (unpaired) electrons. The van der Waals surface area contributed by atoms with Gasteiger partial charge in [-0.25, -0.2) is 0 Å². The third-order valence-electron chi connectivity index (χ3n) is 4.53. The zero-order chi connectivity index (χ0) is 15.9. The summed E-state index contributed by atoms with van der Waals surface area (Å²) in [5.41, 5.74) is 3.69. The molecule has 0 saturated heterocycles. The Bertz CT molecular complexity index is 701. The number of fused-ring (bicyclic) bond motifs is 1. The summed E-state index contributed by atoms with van der Waals surface area (Å²) in [4.78, 5) is 2.27. The molecule has 0 spiro atoms. The second kappa shape index (κ2) is 6.23. The fourth-order valence-corrected chi connectivity index (χ4v) is 3.89. The maximum Gasteiger partial charge on any atom is 0.134 e. The minimum absolute atomic E-state index is 0.170. The number of likely N-dealkylation sites (N-methyl/N-ethyl adjacent to an activating group) is 1. The molecule has 1 aliphatic rings. The van der Waals surface area contributed by atoms with Gasteiger partial charge < -0.3 is 10.0 Å². The summed E-state index contributed by atoms with van der Waals surface area (Å²) in [5, 5.41) is 10.5. The van der Waals surface area contributed by atoms with Gasteiger partial charge in [0.2, 0.25) is 0 Å². The van der Waals surface area contributed by atoms with Gasteiger partial charge in [-0.05, 0) is 67.9 Å². The molecule has 1 N–H and O–H groups in total. The lowest BCUT2D eigenvalue weighted by atomic mass is 9.76. The molecule has 2 aromatic rings. The minimum atomic E-state index is 0.170. The fraction of sp³-hybridized carbons (Fsp3) is 0.333. The van der Waals surface area contributed by atoms with Crippen molar-refractivity contribution in [3.05, 3.63) is 62.6 Å². The smallest absolute Gasteiger partial charge is 0.134 e. The number of hydrogen-bond donors (Lipinski definition) is 1. The molecule has 116 valence electrons. The molecule has 3 rings (SSSR count). The zero-order valence-corrected chi connectivity index (χ0v) is 15.0. The molecule has 0 bridgehead atoms. The Morgan fingerprint density at radius 3 is 2.68 bits per heavy atom. The molecular weight excluding hydrogens is 362 g/mol. The quantitative estimate of drug-likeness (QED) is 0.807. The summed E-state index contributed by atoms with van der Waals surface area (Å²) >= 11 is 9.68. The molecule has 0 heterocycles. The minimum Gasteiger partial charge on any atom is -0.506 e. The van der Waals surface area contributed by atoms with E-state index in [0.717, 1.165) is 17.3 Å². The highest BCUT2D eigenvalue weighted by Gasteiger charge is 2.30. The van der Waals surface area contributed by atoms with Crippen molar-refractivity contribution >= 4 is 27.5 Å². The summed E-state index contributed by atoms with van der Waals surface area (Å²) in [5.74, 6) is 0.445. The van der Waals surface area contributed by atoms with Gasteiger partial charge in [0.15, 0.2) is 0 Å². The van der Waals surface area contributed by atoms with Crippen molar-refractivity contribution in [3.8, 4) is 5.75 Å². The molecule has 0 aliphatic heterocycles. The van der Waals surface area contributed by atoms with Crippen molar-refractivity contribution in [2.75, 3.05) is 14.1 Å². The van der Waals surface area contributed by atoms with E-state index in [2.05, 4.69) is 53.1 Å². The normalized spacial score (nSPS) is 21.0. The lowest BCUT2D eigenvalue weighted by Crippen LogP contribution is -2.35. The number of aromatic hydroxyl groups is 1. The van der Waals surface area contributed by atoms with Crippen LogP contribution in [0.5, 0.6) is 5.75 Å². The average Bonchev–Trinajstić information content (AvgIpc) is 2.47. The highest BCUT2D eigenvalue weighted by atomic mass is 79.9. The monoisotopic (exact) mass is 379 g/mol. The Morgan fingerprint density at radius 1 is 1.23 bits per heavy atom. The van der Waals surface area contributed by atoms with Crippen LogP contribution in [0.1, 0.15) is 29.0 Å². The van der Waals surface area contributed by atoms with Crippen LogP contribution in [0.3, 0.4) is 0 Å². The third kappa shape index (κ3) is 3.03. The Hall–Kier alpha value is -1.03. The Morgan fingerprint density at radius 2 is 2.00 bits per heavy atom. The van der Waals surface area contributed by atoms with E-state index >= 15 is 0 Å². The predicted molar refractivity (Wildman–Crippen MR) is 94.9 cm³/mol. The average molecular weight is 381 g/mol. The number of halogens is 2. The van der Waals surface area contributed by atoms with Crippen LogP contribution in [0, 0.1) is 0 Å². The maximum atomic E-state index is 10.0. The van der Waals surface area contributed by atoms with E-state index in [1.54, 1.807) is 0 Å². The summed E-state index contributed by atoms with van der Waals surface area (Å²) in [6, 6.07) is 12.7. The van der Waals surface area contributed by atoms with Gasteiger partial charge in [-0.2, -0.15) is 0 Å². The van der Waals surface area contributed by atoms with E-state index in [1.807, 2.05) is 18.2 Å². The first-order chi connectivity index (χ1) is 10.5. The van der Waals surface area contributed by atoms with Crippen molar-refractivity contribution < 1.29 is 5.11 Å². The number of hydrogen-bond acceptors (Lipinski definition) is 2. The van der Waals surface area contributed by atoms with Crippen molar-refractivity contribution in [1.29, 1.82) is 0 Å². The number of benzene rings is 2. The lowest BCUT2D eigenvalue weighted by molar-refractivity contribution is 0.258. The Labute approximate surface area is 144 Å². The Balaban J connectivity index is 2.11. The van der Waals surface area contributed by atoms with E-state index in [1.165, 1.54) is 16.7 Å². The highest BCUT2D eigenvalue weighted by molar-refractivity contribution is 9.10. The first kappa shape index (κ1) is 15.9. The van der Waals surface area contributed by atoms with Crippen LogP contribution in [0.15, 0.2) is 40.9 Å². The fourth-order valence-electron chi connectivity index (χ4n) is 3.29. The SMILES string of the molecule is CN(C)[C@@H]1Cc2cc(Cl)c(O)cc2[C@@H](c2cccc(Br)c2)C1. The van der Waals surface area contributed by atoms with E-state index in [-0.39, 0.29) is 11.7 Å². The van der Waals surface area contributed by atoms with Crippen LogP contribution in [0.2, 0.25) is 5.02 Å². The maximum absolute atomic E-state index is 10.0. The summed E-state index contributed by atoms with van der Waals surface area (Å²) in [7, 11) is 4.24. The predicted octanol–water partition coefficient (Wildman–Crippen LogP) is 4.82. The second-order valence-corrected chi connectivity index (χ2v) is 7.49. The van der Waals surface area contributed by atoms with Gasteiger partial charge in [-0.15, -0.1) is 0 Å². The van der Waals surface area contributed by atoms with Crippen LogP contribution >= 0.6 is 27.5 Å². The van der Waals surface area contributed by atoms with Gasteiger partial charge in [-0.1, -0.05) is 39.7 Å². The second-order valence-electron chi connectivity index (χ2n) is 6.17. The van der Waals surface area contributed by atoms with Crippen LogP contribution in [0.4, 0.5) is 0 Å². The molecular formula is C18H19BrClNO. The number of nitrogens with zero attached hydrogens (tertiary/aromatic N) is 1. The van der Waals surface area contributed by atoms with Gasteiger partial charge in [-0.3, -0.25) is 0 Å². The molecule has 0 unspecified atom stereocenters. The summed E-state index contributed by atoms with van der Waals surface area (Å²) < 4.78 is 1.08. The molecule has 0 fully saturated rings. The van der Waals surface area contributed by atoms with Gasteiger partial charge in [0.05, 0.1) is 5.02 Å². The first-order valence-corrected chi connectivity index (χ1v) is 8.56. The van der Waals surface area contributed by atoms with Gasteiger partial charge >= 0.3 is 0 Å². The van der Waals surface area contributed by atoms with Crippen LogP contribution in [-0.4, -0.2) is 30.1 Å². The van der Waals surface area contributed by atoms with E-state index < -0.39 is 0 Å². The third-order valence-corrected chi connectivity index (χ3v) is 5.32. The summed E-state index contributed by atoms with van der Waals surface area (Å²) in [6.45, 7) is 0. The number of phenolic OH excluding ortho intramolecular Hbond substituents is 1. The topological polar surface area (TPSA) is 23.5 Å². The molecule has 2 atom stereocenters. The molecule has 4 heteroatoms. The molecule has 22 heavy (non-hydrogen) atoms. The molecule has 2 nitrogen and oxygen atoms in total. The van der Waals surface area contributed by atoms with E-state index in [0.29, 0.717) is 11.1 Å². The Kier molecular flexibility index (Phi) is 4.49. The lowest BCUT2D eigenvalue weighted by Gasteiger charge is -2.36. The van der Waals surface area contributed by atoms with Crippen LogP contribution in [-0.2, 0) is 6.42 Å². The van der Waals surface area contributed by atoms with E-state index in [4.69, 9.17) is 11.6 Å². The zero-order valence-electron chi connectivity index (χ0n) is 12.7. The number of rotatable bonds is 2. The van der Waals surface area contributed by atoms with Gasteiger partial charge in [0, 0.05) is 16.4 Å². The van der Waals surface area contributed by atoms with Gasteiger partial charge in [0.25, 0.3) is 0 Å². The van der Waals surface area contributed by atoms with Crippen LogP contribution < -0.4 is 0 Å². The van der Waals surface area contributed by atoms with E-state index in [9.17, 15) is 5.11 Å². The van der Waals surface area contributed by atoms with Crippen LogP contribution in [0.25, 0.3) is 0 Å². The van der Waals surface area contributed by atoms with Crippen molar-refractivity contribution in [1.82, 2.24) is 4.90 Å². The van der Waals surface area contributed by atoms with Gasteiger partial charge in [0.1, 0.15) is 5.75 Å². The van der Waals surface area contributed by atoms with Crippen molar-refractivity contribution in [2.45, 2.75) is 24.8 Å². The molecule has 2 aromatic carbocycles. The summed E-state index contributed by atoms with van der Waals surface area (Å²) in [6.07, 6.45) is 2.00. The molecule has 0 amide bonds. The molecule has 1 aliphatic carbocycles.